The van der Waals surface area contributed by atoms with Gasteiger partial charge in [-0.2, -0.15) is 0 Å². The Morgan fingerprint density at radius 2 is 2.17 bits per heavy atom. The Kier molecular flexibility index (Phi) is 10.2. The summed E-state index contributed by atoms with van der Waals surface area (Å²) in [4.78, 5) is 4.64. The van der Waals surface area contributed by atoms with Crippen LogP contribution in [0.4, 0.5) is 0 Å². The third-order valence-corrected chi connectivity index (χ3v) is 4.16. The van der Waals surface area contributed by atoms with Crippen LogP contribution in [0.5, 0.6) is 0 Å². The van der Waals surface area contributed by atoms with Crippen molar-refractivity contribution in [1.82, 2.24) is 25.4 Å². The molecule has 1 aromatic rings. The monoisotopic (exact) mass is 450 g/mol. The number of aryl methyl sites for hydroxylation is 1. The van der Waals surface area contributed by atoms with E-state index >= 15 is 0 Å². The molecule has 0 aliphatic carbocycles. The summed E-state index contributed by atoms with van der Waals surface area (Å²) in [5.41, 5.74) is 0. The van der Waals surface area contributed by atoms with Crippen molar-refractivity contribution < 1.29 is 4.74 Å². The molecule has 2 heterocycles. The van der Waals surface area contributed by atoms with E-state index in [4.69, 9.17) is 4.74 Å². The standard InChI is InChI=1S/C16H30N6O.HI/c1-4-5-6-9-17-16(18-11-14-8-7-10-23-14)19-12-15-21-20-13(2)22(15)3;/h14H,4-12H2,1-3H3,(H2,17,18,19);1H. The molecule has 1 aliphatic heterocycles. The molecule has 8 heteroatoms. The van der Waals surface area contributed by atoms with E-state index in [1.165, 1.54) is 12.8 Å². The molecule has 0 radical (unpaired) electrons. The minimum absolute atomic E-state index is 0. The predicted octanol–water partition coefficient (Wildman–Crippen LogP) is 2.15. The molecule has 0 saturated carbocycles. The predicted molar refractivity (Wildman–Crippen MR) is 107 cm³/mol. The van der Waals surface area contributed by atoms with E-state index in [0.29, 0.717) is 12.6 Å². The van der Waals surface area contributed by atoms with Gasteiger partial charge in [0.05, 0.1) is 6.10 Å². The molecule has 2 rings (SSSR count). The lowest BCUT2D eigenvalue weighted by atomic mass is 10.2. The van der Waals surface area contributed by atoms with E-state index in [9.17, 15) is 0 Å². The highest BCUT2D eigenvalue weighted by Crippen LogP contribution is 2.10. The highest BCUT2D eigenvalue weighted by molar-refractivity contribution is 14.0. The number of rotatable bonds is 8. The molecule has 0 aromatic carbocycles. The van der Waals surface area contributed by atoms with Crippen molar-refractivity contribution in [3.05, 3.63) is 11.6 Å². The van der Waals surface area contributed by atoms with Gasteiger partial charge in [0, 0.05) is 26.7 Å². The van der Waals surface area contributed by atoms with Crippen molar-refractivity contribution >= 4 is 29.9 Å². The van der Waals surface area contributed by atoms with Crippen LogP contribution < -0.4 is 10.6 Å². The van der Waals surface area contributed by atoms with Crippen LogP contribution in [0.15, 0.2) is 4.99 Å². The quantitative estimate of drug-likeness (QED) is 0.275. The van der Waals surface area contributed by atoms with E-state index in [2.05, 4.69) is 32.7 Å². The number of hydrogen-bond acceptors (Lipinski definition) is 4. The minimum atomic E-state index is 0. The summed E-state index contributed by atoms with van der Waals surface area (Å²) in [7, 11) is 1.97. The van der Waals surface area contributed by atoms with E-state index in [1.807, 2.05) is 18.5 Å². The van der Waals surface area contributed by atoms with E-state index in [0.717, 1.165) is 56.6 Å². The number of nitrogens with one attached hydrogen (secondary N) is 2. The van der Waals surface area contributed by atoms with E-state index in [1.54, 1.807) is 0 Å². The first kappa shape index (κ1) is 21.1. The second-order valence-electron chi connectivity index (χ2n) is 6.04. The summed E-state index contributed by atoms with van der Waals surface area (Å²) < 4.78 is 7.63. The fraction of sp³-hybridized carbons (Fsp3) is 0.812. The van der Waals surface area contributed by atoms with Crippen LogP contribution in [0.25, 0.3) is 0 Å². The van der Waals surface area contributed by atoms with Crippen molar-refractivity contribution in [3.63, 3.8) is 0 Å². The summed E-state index contributed by atoms with van der Waals surface area (Å²) in [6.07, 6.45) is 6.18. The molecule has 2 N–H and O–H groups in total. The SMILES string of the molecule is CCCCCNC(=NCc1nnc(C)n1C)NCC1CCCO1.I. The van der Waals surface area contributed by atoms with Gasteiger partial charge in [-0.25, -0.2) is 4.99 Å². The largest absolute Gasteiger partial charge is 0.376 e. The molecule has 1 saturated heterocycles. The van der Waals surface area contributed by atoms with Crippen LogP contribution in [0.3, 0.4) is 0 Å². The molecular formula is C16H31IN6O. The Bertz CT molecular complexity index is 499. The van der Waals surface area contributed by atoms with E-state index in [-0.39, 0.29) is 24.0 Å². The molecule has 1 fully saturated rings. The lowest BCUT2D eigenvalue weighted by molar-refractivity contribution is 0.114. The lowest BCUT2D eigenvalue weighted by Crippen LogP contribution is -2.41. The van der Waals surface area contributed by atoms with E-state index < -0.39 is 0 Å². The summed E-state index contributed by atoms with van der Waals surface area (Å²) in [5.74, 6) is 2.60. The maximum atomic E-state index is 5.66. The smallest absolute Gasteiger partial charge is 0.191 e. The van der Waals surface area contributed by atoms with Gasteiger partial charge in [0.15, 0.2) is 11.8 Å². The van der Waals surface area contributed by atoms with Crippen LogP contribution in [-0.4, -0.2) is 46.5 Å². The summed E-state index contributed by atoms with van der Waals surface area (Å²) in [6.45, 7) is 7.29. The van der Waals surface area contributed by atoms with Crippen molar-refractivity contribution in [1.29, 1.82) is 0 Å². The maximum Gasteiger partial charge on any atom is 0.191 e. The summed E-state index contributed by atoms with van der Waals surface area (Å²) >= 11 is 0. The molecule has 0 bridgehead atoms. The normalized spacial score (nSPS) is 17.6. The molecule has 1 aliphatic rings. The molecular weight excluding hydrogens is 419 g/mol. The minimum Gasteiger partial charge on any atom is -0.376 e. The van der Waals surface area contributed by atoms with Gasteiger partial charge in [-0.05, 0) is 26.2 Å². The Morgan fingerprint density at radius 1 is 1.33 bits per heavy atom. The highest BCUT2D eigenvalue weighted by Gasteiger charge is 2.15. The fourth-order valence-electron chi connectivity index (χ4n) is 2.51. The Hall–Kier alpha value is -0.900. The van der Waals surface area contributed by atoms with Gasteiger partial charge in [0.25, 0.3) is 0 Å². The summed E-state index contributed by atoms with van der Waals surface area (Å²) in [6, 6.07) is 0. The van der Waals surface area contributed by atoms with Gasteiger partial charge in [-0.3, -0.25) is 0 Å². The van der Waals surface area contributed by atoms with Crippen molar-refractivity contribution in [3.8, 4) is 0 Å². The number of unbranched alkanes of at least 4 members (excludes halogenated alkanes) is 2. The zero-order chi connectivity index (χ0) is 16.5. The van der Waals surface area contributed by atoms with Crippen LogP contribution in [0.1, 0.15) is 50.7 Å². The number of guanidine groups is 1. The molecule has 0 amide bonds. The van der Waals surface area contributed by atoms with Gasteiger partial charge >= 0.3 is 0 Å². The molecule has 1 atom stereocenters. The zero-order valence-corrected chi connectivity index (χ0v) is 17.4. The average molecular weight is 450 g/mol. The number of aromatic nitrogens is 3. The first-order valence-electron chi connectivity index (χ1n) is 8.69. The topological polar surface area (TPSA) is 76.4 Å². The molecule has 138 valence electrons. The molecule has 7 nitrogen and oxygen atoms in total. The van der Waals surface area contributed by atoms with Gasteiger partial charge in [-0.1, -0.05) is 19.8 Å². The zero-order valence-electron chi connectivity index (χ0n) is 15.0. The summed E-state index contributed by atoms with van der Waals surface area (Å²) in [5, 5.41) is 15.0. The first-order valence-corrected chi connectivity index (χ1v) is 8.69. The third kappa shape index (κ3) is 6.92. The second-order valence-corrected chi connectivity index (χ2v) is 6.04. The fourth-order valence-corrected chi connectivity index (χ4v) is 2.51. The van der Waals surface area contributed by atoms with Gasteiger partial charge in [0.1, 0.15) is 12.4 Å². The lowest BCUT2D eigenvalue weighted by Gasteiger charge is -2.15. The average Bonchev–Trinajstić information content (AvgIpc) is 3.18. The van der Waals surface area contributed by atoms with Crippen molar-refractivity contribution in [2.75, 3.05) is 19.7 Å². The van der Waals surface area contributed by atoms with Crippen molar-refractivity contribution in [2.24, 2.45) is 12.0 Å². The maximum absolute atomic E-state index is 5.66. The molecule has 1 unspecified atom stereocenters. The second kappa shape index (κ2) is 11.6. The van der Waals surface area contributed by atoms with Crippen LogP contribution in [0.2, 0.25) is 0 Å². The number of nitrogens with zero attached hydrogens (tertiary/aromatic N) is 4. The third-order valence-electron chi connectivity index (χ3n) is 4.16. The van der Waals surface area contributed by atoms with Gasteiger partial charge in [0.2, 0.25) is 0 Å². The Morgan fingerprint density at radius 3 is 2.79 bits per heavy atom. The molecule has 1 aromatic heterocycles. The Balaban J connectivity index is 0.00000288. The number of hydrogen-bond donors (Lipinski definition) is 2. The Labute approximate surface area is 162 Å². The first-order chi connectivity index (χ1) is 11.2. The van der Waals surface area contributed by atoms with Gasteiger partial charge in [-0.15, -0.1) is 34.2 Å². The van der Waals surface area contributed by atoms with Crippen molar-refractivity contribution in [2.45, 2.75) is 58.6 Å². The van der Waals surface area contributed by atoms with Gasteiger partial charge < -0.3 is 19.9 Å². The number of ether oxygens (including phenoxy) is 1. The number of aliphatic imine (C=N–C) groups is 1. The molecule has 0 spiro atoms. The molecule has 24 heavy (non-hydrogen) atoms. The van der Waals surface area contributed by atoms with Crippen LogP contribution in [-0.2, 0) is 18.3 Å². The highest BCUT2D eigenvalue weighted by atomic mass is 127. The number of halogens is 1. The van der Waals surface area contributed by atoms with Crippen LogP contribution in [0, 0.1) is 6.92 Å². The van der Waals surface area contributed by atoms with Crippen LogP contribution >= 0.6 is 24.0 Å².